The summed E-state index contributed by atoms with van der Waals surface area (Å²) in [5, 5.41) is 6.21. The number of hydrogen-bond acceptors (Lipinski definition) is 2. The second-order valence-corrected chi connectivity index (χ2v) is 5.25. The van der Waals surface area contributed by atoms with Crippen molar-refractivity contribution in [2.75, 3.05) is 24.3 Å². The van der Waals surface area contributed by atoms with Crippen molar-refractivity contribution in [3.63, 3.8) is 0 Å². The Morgan fingerprint density at radius 1 is 1.10 bits per heavy atom. The molecular formula is C16H18ClN3O. The van der Waals surface area contributed by atoms with E-state index in [1.165, 1.54) is 0 Å². The first-order valence-corrected chi connectivity index (χ1v) is 6.99. The fourth-order valence-electron chi connectivity index (χ4n) is 1.84. The first-order valence-electron chi connectivity index (χ1n) is 6.62. The summed E-state index contributed by atoms with van der Waals surface area (Å²) < 4.78 is 0. The molecular weight excluding hydrogens is 286 g/mol. The number of nitrogens with zero attached hydrogens (tertiary/aromatic N) is 1. The highest BCUT2D eigenvalue weighted by Gasteiger charge is 2.04. The molecule has 0 aliphatic carbocycles. The van der Waals surface area contributed by atoms with E-state index in [2.05, 4.69) is 10.6 Å². The Morgan fingerprint density at radius 2 is 1.76 bits per heavy atom. The van der Waals surface area contributed by atoms with E-state index in [1.54, 1.807) is 6.07 Å². The van der Waals surface area contributed by atoms with Gasteiger partial charge in [-0.1, -0.05) is 29.8 Å². The largest absolute Gasteiger partial charge is 0.378 e. The second kappa shape index (κ2) is 6.99. The number of carbonyl (C=O) groups excluding carboxylic acids is 1. The highest BCUT2D eigenvalue weighted by atomic mass is 35.5. The van der Waals surface area contributed by atoms with Crippen LogP contribution < -0.4 is 15.5 Å². The number of benzene rings is 2. The summed E-state index contributed by atoms with van der Waals surface area (Å²) in [7, 11) is 3.94. The van der Waals surface area contributed by atoms with Crippen LogP contribution >= 0.6 is 11.6 Å². The van der Waals surface area contributed by atoms with Crippen molar-refractivity contribution in [3.05, 3.63) is 59.1 Å². The van der Waals surface area contributed by atoms with Gasteiger partial charge in [-0.15, -0.1) is 0 Å². The molecule has 110 valence electrons. The van der Waals surface area contributed by atoms with E-state index < -0.39 is 0 Å². The van der Waals surface area contributed by atoms with Crippen molar-refractivity contribution in [1.82, 2.24) is 5.32 Å². The van der Waals surface area contributed by atoms with Crippen LogP contribution in [0.5, 0.6) is 0 Å². The van der Waals surface area contributed by atoms with Crippen molar-refractivity contribution >= 4 is 29.0 Å². The first-order chi connectivity index (χ1) is 10.1. The van der Waals surface area contributed by atoms with Gasteiger partial charge in [-0.2, -0.15) is 0 Å². The van der Waals surface area contributed by atoms with Crippen LogP contribution in [0.15, 0.2) is 48.5 Å². The first kappa shape index (κ1) is 15.2. The van der Waals surface area contributed by atoms with E-state index >= 15 is 0 Å². The minimum atomic E-state index is -0.257. The van der Waals surface area contributed by atoms with Crippen LogP contribution in [0, 0.1) is 0 Å². The molecule has 2 aromatic carbocycles. The average molecular weight is 304 g/mol. The van der Waals surface area contributed by atoms with Gasteiger partial charge >= 0.3 is 6.03 Å². The molecule has 0 saturated carbocycles. The molecule has 2 rings (SSSR count). The minimum Gasteiger partial charge on any atom is -0.378 e. The number of anilines is 2. The predicted octanol–water partition coefficient (Wildman–Crippen LogP) is 3.73. The Morgan fingerprint density at radius 3 is 2.38 bits per heavy atom. The van der Waals surface area contributed by atoms with Crippen LogP contribution in [0.25, 0.3) is 0 Å². The lowest BCUT2D eigenvalue weighted by Crippen LogP contribution is -2.28. The third kappa shape index (κ3) is 4.39. The van der Waals surface area contributed by atoms with Gasteiger partial charge in [0.05, 0.1) is 0 Å². The molecule has 0 aliphatic heterocycles. The molecule has 0 atom stereocenters. The number of urea groups is 1. The average Bonchev–Trinajstić information content (AvgIpc) is 2.47. The predicted molar refractivity (Wildman–Crippen MR) is 88.1 cm³/mol. The van der Waals surface area contributed by atoms with Gasteiger partial charge in [0.2, 0.25) is 0 Å². The van der Waals surface area contributed by atoms with Crippen LogP contribution in [-0.4, -0.2) is 20.1 Å². The zero-order valence-electron chi connectivity index (χ0n) is 12.1. The summed E-state index contributed by atoms with van der Waals surface area (Å²) in [6, 6.07) is 14.8. The monoisotopic (exact) mass is 303 g/mol. The molecule has 0 bridgehead atoms. The summed E-state index contributed by atoms with van der Waals surface area (Å²) in [6.07, 6.45) is 0. The maximum Gasteiger partial charge on any atom is 0.319 e. The standard InChI is InChI=1S/C16H18ClN3O/c1-20(2)14-9-7-13(8-10-14)19-16(21)18-11-12-5-3-4-6-15(12)17/h3-10H,11H2,1-2H3,(H2,18,19,21). The lowest BCUT2D eigenvalue weighted by atomic mass is 10.2. The molecule has 5 heteroatoms. The van der Waals surface area contributed by atoms with Crippen molar-refractivity contribution < 1.29 is 4.79 Å². The van der Waals surface area contributed by atoms with Gasteiger partial charge in [0, 0.05) is 37.0 Å². The van der Waals surface area contributed by atoms with Gasteiger partial charge in [0.1, 0.15) is 0 Å². The summed E-state index contributed by atoms with van der Waals surface area (Å²) in [4.78, 5) is 13.8. The van der Waals surface area contributed by atoms with Crippen LogP contribution in [0.1, 0.15) is 5.56 Å². The molecule has 2 N–H and O–H groups in total. The smallest absolute Gasteiger partial charge is 0.319 e. The van der Waals surface area contributed by atoms with E-state index in [0.717, 1.165) is 16.9 Å². The SMILES string of the molecule is CN(C)c1ccc(NC(=O)NCc2ccccc2Cl)cc1. The van der Waals surface area contributed by atoms with E-state index in [0.29, 0.717) is 11.6 Å². The van der Waals surface area contributed by atoms with E-state index in [-0.39, 0.29) is 6.03 Å². The van der Waals surface area contributed by atoms with Gasteiger partial charge in [-0.3, -0.25) is 0 Å². The van der Waals surface area contributed by atoms with Gasteiger partial charge in [-0.05, 0) is 35.9 Å². The molecule has 0 heterocycles. The zero-order chi connectivity index (χ0) is 15.2. The summed E-state index contributed by atoms with van der Waals surface area (Å²) in [5.74, 6) is 0. The van der Waals surface area contributed by atoms with Crippen LogP contribution in [0.4, 0.5) is 16.2 Å². The minimum absolute atomic E-state index is 0.257. The van der Waals surface area contributed by atoms with E-state index in [9.17, 15) is 4.79 Å². The Kier molecular flexibility index (Phi) is 5.06. The zero-order valence-corrected chi connectivity index (χ0v) is 12.8. The van der Waals surface area contributed by atoms with Gasteiger partial charge in [0.15, 0.2) is 0 Å². The Balaban J connectivity index is 1.88. The molecule has 0 aromatic heterocycles. The molecule has 2 amide bonds. The Bertz CT molecular complexity index is 611. The molecule has 0 saturated heterocycles. The number of nitrogens with one attached hydrogen (secondary N) is 2. The maximum absolute atomic E-state index is 11.8. The quantitative estimate of drug-likeness (QED) is 0.904. The molecule has 21 heavy (non-hydrogen) atoms. The Labute approximate surface area is 129 Å². The lowest BCUT2D eigenvalue weighted by Gasteiger charge is -2.13. The maximum atomic E-state index is 11.8. The number of hydrogen-bond donors (Lipinski definition) is 2. The van der Waals surface area contributed by atoms with Crippen LogP contribution in [0.2, 0.25) is 5.02 Å². The van der Waals surface area contributed by atoms with Crippen LogP contribution in [0.3, 0.4) is 0 Å². The van der Waals surface area contributed by atoms with Crippen molar-refractivity contribution in [1.29, 1.82) is 0 Å². The summed E-state index contributed by atoms with van der Waals surface area (Å²) in [6.45, 7) is 0.390. The molecule has 2 aromatic rings. The normalized spacial score (nSPS) is 10.0. The van der Waals surface area contributed by atoms with E-state index in [4.69, 9.17) is 11.6 Å². The van der Waals surface area contributed by atoms with Crippen molar-refractivity contribution in [2.24, 2.45) is 0 Å². The van der Waals surface area contributed by atoms with E-state index in [1.807, 2.05) is 61.5 Å². The third-order valence-electron chi connectivity index (χ3n) is 3.04. The lowest BCUT2D eigenvalue weighted by molar-refractivity contribution is 0.252. The fraction of sp³-hybridized carbons (Fsp3) is 0.188. The molecule has 0 aliphatic rings. The van der Waals surface area contributed by atoms with Crippen LogP contribution in [-0.2, 0) is 6.54 Å². The van der Waals surface area contributed by atoms with Gasteiger partial charge in [0.25, 0.3) is 0 Å². The topological polar surface area (TPSA) is 44.4 Å². The summed E-state index contributed by atoms with van der Waals surface area (Å²) in [5.41, 5.74) is 2.71. The summed E-state index contributed by atoms with van der Waals surface area (Å²) >= 11 is 6.04. The highest BCUT2D eigenvalue weighted by Crippen LogP contribution is 2.16. The molecule has 4 nitrogen and oxygen atoms in total. The molecule has 0 unspecified atom stereocenters. The number of halogens is 1. The number of amides is 2. The van der Waals surface area contributed by atoms with Crippen molar-refractivity contribution in [2.45, 2.75) is 6.54 Å². The molecule has 0 fully saturated rings. The fourth-order valence-corrected chi connectivity index (χ4v) is 2.04. The van der Waals surface area contributed by atoms with Crippen molar-refractivity contribution in [3.8, 4) is 0 Å². The number of rotatable bonds is 4. The Hall–Kier alpha value is -2.20. The highest BCUT2D eigenvalue weighted by molar-refractivity contribution is 6.31. The third-order valence-corrected chi connectivity index (χ3v) is 3.41. The molecule has 0 radical (unpaired) electrons. The van der Waals surface area contributed by atoms with Gasteiger partial charge < -0.3 is 15.5 Å². The second-order valence-electron chi connectivity index (χ2n) is 4.84. The number of carbonyl (C=O) groups is 1. The molecule has 0 spiro atoms. The van der Waals surface area contributed by atoms with Gasteiger partial charge in [-0.25, -0.2) is 4.79 Å².